The molecule has 0 rings (SSSR count). The Balaban J connectivity index is 3.68. The maximum absolute atomic E-state index is 9.94. The topological polar surface area (TPSA) is 34.1 Å². The molecule has 0 N–H and O–H groups in total. The summed E-state index contributed by atoms with van der Waals surface area (Å²) in [4.78, 5) is 19.9. The monoisotopic (exact) mass is 194 g/mol. The van der Waals surface area contributed by atoms with Crippen LogP contribution in [0.1, 0.15) is 39.5 Å². The van der Waals surface area contributed by atoms with Gasteiger partial charge in [0.05, 0.1) is 0 Å². The van der Waals surface area contributed by atoms with Crippen LogP contribution < -0.4 is 0 Å². The molecule has 0 saturated heterocycles. The van der Waals surface area contributed by atoms with Gasteiger partial charge in [0.1, 0.15) is 11.9 Å². The fraction of sp³-hybridized carbons (Fsp3) is 0.667. The quantitative estimate of drug-likeness (QED) is 0.584. The lowest BCUT2D eigenvalue weighted by Crippen LogP contribution is -2.07. The van der Waals surface area contributed by atoms with Gasteiger partial charge in [-0.25, -0.2) is 9.59 Å². The van der Waals surface area contributed by atoms with Gasteiger partial charge >= 0.3 is 0 Å². The van der Waals surface area contributed by atoms with Crippen LogP contribution in [0.15, 0.2) is 12.2 Å². The number of hydrogen-bond donors (Lipinski definition) is 0. The molecule has 0 spiro atoms. The van der Waals surface area contributed by atoms with E-state index in [0.29, 0.717) is 11.8 Å². The average Bonchev–Trinajstić information content (AvgIpc) is 2.18. The van der Waals surface area contributed by atoms with Crippen LogP contribution in [-0.2, 0) is 9.59 Å². The fourth-order valence-corrected chi connectivity index (χ4v) is 1.38. The molecule has 78 valence electrons. The first-order valence-corrected chi connectivity index (χ1v) is 5.11. The molecule has 0 amide bonds. The first-order valence-electron chi connectivity index (χ1n) is 5.11. The summed E-state index contributed by atoms with van der Waals surface area (Å²) < 4.78 is 0. The van der Waals surface area contributed by atoms with Crippen LogP contribution in [0.25, 0.3) is 0 Å². The predicted octanol–water partition coefficient (Wildman–Crippen LogP) is 2.59. The molecule has 0 fully saturated rings. The van der Waals surface area contributed by atoms with Crippen molar-refractivity contribution in [1.82, 2.24) is 0 Å². The van der Waals surface area contributed by atoms with Crippen molar-refractivity contribution in [2.75, 3.05) is 0 Å². The highest BCUT2D eigenvalue weighted by Crippen LogP contribution is 2.21. The van der Waals surface area contributed by atoms with E-state index in [9.17, 15) is 9.59 Å². The van der Waals surface area contributed by atoms with Crippen LogP contribution in [0, 0.1) is 11.8 Å². The lowest BCUT2D eigenvalue weighted by atomic mass is 9.88. The van der Waals surface area contributed by atoms with E-state index in [-0.39, 0.29) is 0 Å². The molecular weight excluding hydrogens is 176 g/mol. The molecule has 0 aliphatic carbocycles. The zero-order chi connectivity index (χ0) is 10.8. The highest BCUT2D eigenvalue weighted by molar-refractivity contribution is 5.44. The molecule has 0 aromatic carbocycles. The van der Waals surface area contributed by atoms with Gasteiger partial charge in [0.15, 0.2) is 0 Å². The highest BCUT2D eigenvalue weighted by Gasteiger charge is 2.10. The summed E-state index contributed by atoms with van der Waals surface area (Å²) >= 11 is 0. The van der Waals surface area contributed by atoms with Crippen LogP contribution in [0.2, 0.25) is 0 Å². The Morgan fingerprint density at radius 1 is 0.929 bits per heavy atom. The first-order chi connectivity index (χ1) is 6.72. The van der Waals surface area contributed by atoms with Crippen molar-refractivity contribution in [2.24, 2.45) is 11.8 Å². The van der Waals surface area contributed by atoms with E-state index in [1.807, 2.05) is 0 Å². The third-order valence-electron chi connectivity index (χ3n) is 2.67. The molecular formula is C12H18O2. The summed E-state index contributed by atoms with van der Waals surface area (Å²) in [6.45, 7) is 4.35. The van der Waals surface area contributed by atoms with Crippen LogP contribution >= 0.6 is 0 Å². The normalized spacial score (nSPS) is 13.6. The van der Waals surface area contributed by atoms with Gasteiger partial charge in [0.25, 0.3) is 0 Å². The van der Waals surface area contributed by atoms with Crippen molar-refractivity contribution >= 4 is 11.9 Å². The molecule has 2 heteroatoms. The fourth-order valence-electron chi connectivity index (χ4n) is 1.38. The Hall–Kier alpha value is -1.10. The minimum Gasteiger partial charge on any atom is -0.234 e. The number of rotatable bonds is 7. The molecule has 0 aliphatic rings. The van der Waals surface area contributed by atoms with Gasteiger partial charge in [-0.3, -0.25) is 0 Å². The van der Waals surface area contributed by atoms with Crippen LogP contribution in [0.4, 0.5) is 0 Å². The molecule has 2 atom stereocenters. The molecule has 0 aliphatic heterocycles. The van der Waals surface area contributed by atoms with E-state index in [0.717, 1.165) is 25.7 Å². The average molecular weight is 194 g/mol. The maximum Gasteiger partial charge on any atom is 0.120 e. The van der Waals surface area contributed by atoms with Gasteiger partial charge in [0.2, 0.25) is 0 Å². The minimum absolute atomic E-state index is 0.583. The molecule has 0 saturated carbocycles. The second-order valence-corrected chi connectivity index (χ2v) is 3.75. The van der Waals surface area contributed by atoms with Crippen molar-refractivity contribution in [3.8, 4) is 0 Å². The van der Waals surface area contributed by atoms with E-state index in [1.165, 1.54) is 12.2 Å². The minimum atomic E-state index is 0.583. The van der Waals surface area contributed by atoms with Gasteiger partial charge < -0.3 is 0 Å². The Kier molecular flexibility index (Phi) is 7.83. The third-order valence-corrected chi connectivity index (χ3v) is 2.67. The highest BCUT2D eigenvalue weighted by atomic mass is 16.1. The molecule has 0 heterocycles. The van der Waals surface area contributed by atoms with Gasteiger partial charge in [0, 0.05) is 0 Å². The van der Waals surface area contributed by atoms with Gasteiger partial charge in [-0.2, -0.15) is 0 Å². The largest absolute Gasteiger partial charge is 0.234 e. The summed E-state index contributed by atoms with van der Waals surface area (Å²) in [5, 5.41) is 0. The van der Waals surface area contributed by atoms with E-state index in [4.69, 9.17) is 0 Å². The van der Waals surface area contributed by atoms with E-state index in [2.05, 4.69) is 13.8 Å². The predicted molar refractivity (Wildman–Crippen MR) is 57.3 cm³/mol. The summed E-state index contributed by atoms with van der Waals surface area (Å²) in [7, 11) is 0. The summed E-state index contributed by atoms with van der Waals surface area (Å²) in [5.41, 5.74) is 0. The standard InChI is InChI=1S/C12H18O2/c1-11(7-3-5-9-13)12(2)8-4-6-10-14/h5-6,11-12H,3-4,7-8H2,1-2H3. The van der Waals surface area contributed by atoms with Crippen molar-refractivity contribution < 1.29 is 9.59 Å². The number of allylic oxidation sites excluding steroid dienone is 2. The molecule has 2 unspecified atom stereocenters. The third kappa shape index (κ3) is 6.42. The zero-order valence-electron chi connectivity index (χ0n) is 8.95. The van der Waals surface area contributed by atoms with E-state index < -0.39 is 0 Å². The molecule has 0 aromatic rings. The van der Waals surface area contributed by atoms with Crippen LogP contribution in [0.5, 0.6) is 0 Å². The second kappa shape index (κ2) is 8.50. The number of hydrogen-bond acceptors (Lipinski definition) is 2. The smallest absolute Gasteiger partial charge is 0.120 e. The molecule has 0 radical (unpaired) electrons. The van der Waals surface area contributed by atoms with E-state index in [1.54, 1.807) is 11.9 Å². The van der Waals surface area contributed by atoms with Crippen molar-refractivity contribution in [1.29, 1.82) is 0 Å². The Labute approximate surface area is 85.7 Å². The Morgan fingerprint density at radius 2 is 1.29 bits per heavy atom. The lowest BCUT2D eigenvalue weighted by molar-refractivity contribution is 0.348. The Morgan fingerprint density at radius 3 is 1.57 bits per heavy atom. The Bertz CT molecular complexity index is 207. The van der Waals surface area contributed by atoms with Crippen molar-refractivity contribution in [3.05, 3.63) is 12.2 Å². The summed E-state index contributed by atoms with van der Waals surface area (Å²) in [6, 6.07) is 0. The first kappa shape index (κ1) is 12.9. The molecule has 0 bridgehead atoms. The van der Waals surface area contributed by atoms with Crippen molar-refractivity contribution in [3.63, 3.8) is 0 Å². The number of carbonyl (C=O) groups excluding carboxylic acids is 2. The van der Waals surface area contributed by atoms with Gasteiger partial charge in [-0.15, -0.1) is 0 Å². The van der Waals surface area contributed by atoms with Crippen molar-refractivity contribution in [2.45, 2.75) is 39.5 Å². The molecule has 2 nitrogen and oxygen atoms in total. The second-order valence-electron chi connectivity index (χ2n) is 3.75. The summed E-state index contributed by atoms with van der Waals surface area (Å²) in [5.74, 6) is 4.73. The lowest BCUT2D eigenvalue weighted by Gasteiger charge is -2.17. The molecule has 0 aromatic heterocycles. The summed E-state index contributed by atoms with van der Waals surface area (Å²) in [6.07, 6.45) is 6.71. The van der Waals surface area contributed by atoms with Crippen LogP contribution in [0.3, 0.4) is 0 Å². The SMILES string of the molecule is CC(CCC=C=O)C(C)CCC=C=O. The maximum atomic E-state index is 9.94. The molecule has 14 heavy (non-hydrogen) atoms. The van der Waals surface area contributed by atoms with Gasteiger partial charge in [-0.05, 0) is 49.7 Å². The van der Waals surface area contributed by atoms with Crippen LogP contribution in [-0.4, -0.2) is 11.9 Å². The van der Waals surface area contributed by atoms with Gasteiger partial charge in [-0.1, -0.05) is 13.8 Å². The van der Waals surface area contributed by atoms with E-state index >= 15 is 0 Å². The zero-order valence-corrected chi connectivity index (χ0v) is 8.95.